The van der Waals surface area contributed by atoms with E-state index in [0.717, 1.165) is 6.54 Å². The monoisotopic (exact) mass is 158 g/mol. The second-order valence-electron chi connectivity index (χ2n) is 3.26. The van der Waals surface area contributed by atoms with Crippen LogP contribution in [0.3, 0.4) is 0 Å². The fourth-order valence-corrected chi connectivity index (χ4v) is 1.62. The van der Waals surface area contributed by atoms with Crippen molar-refractivity contribution in [3.63, 3.8) is 0 Å². The molecule has 0 aromatic rings. The second-order valence-corrected chi connectivity index (χ2v) is 3.26. The highest BCUT2D eigenvalue weighted by atomic mass is 15.2. The third kappa shape index (κ3) is 3.21. The average molecular weight is 158 g/mol. The molecule has 0 spiro atoms. The summed E-state index contributed by atoms with van der Waals surface area (Å²) in [5.74, 6) is 5.25. The van der Waals surface area contributed by atoms with Crippen LogP contribution in [0, 0.1) is 5.41 Å². The lowest BCUT2D eigenvalue weighted by molar-refractivity contribution is 0.226. The first-order chi connectivity index (χ1) is 5.24. The van der Waals surface area contributed by atoms with Crippen LogP contribution in [0.2, 0.25) is 0 Å². The molecule has 0 atom stereocenters. The summed E-state index contributed by atoms with van der Waals surface area (Å²) >= 11 is 0. The Morgan fingerprint density at radius 1 is 1.09 bits per heavy atom. The van der Waals surface area contributed by atoms with Crippen LogP contribution in [-0.2, 0) is 0 Å². The summed E-state index contributed by atoms with van der Waals surface area (Å²) < 4.78 is 0. The average Bonchev–Trinajstić information content (AvgIpc) is 2.08. The molecule has 68 valence electrons. The molecule has 0 amide bonds. The summed E-state index contributed by atoms with van der Waals surface area (Å²) in [6.07, 6.45) is 5.00. The summed E-state index contributed by atoms with van der Waals surface area (Å²) in [7, 11) is 0. The minimum Gasteiger partial charge on any atom is -0.271 e. The quantitative estimate of drug-likeness (QED) is 0.458. The zero-order valence-corrected chi connectivity index (χ0v) is 8.11. The van der Waals surface area contributed by atoms with Crippen LogP contribution in [0.4, 0.5) is 0 Å². The van der Waals surface area contributed by atoms with E-state index in [4.69, 9.17) is 5.84 Å². The first-order valence-corrected chi connectivity index (χ1v) is 4.68. The summed E-state index contributed by atoms with van der Waals surface area (Å²) in [6, 6.07) is 0. The van der Waals surface area contributed by atoms with Gasteiger partial charge in [-0.2, -0.15) is 0 Å². The maximum Gasteiger partial charge on any atom is 0.0103 e. The fraction of sp³-hybridized carbons (Fsp3) is 1.00. The molecule has 0 aliphatic carbocycles. The molecule has 0 aliphatic heterocycles. The number of nitrogens with one attached hydrogen (secondary N) is 1. The molecule has 0 fully saturated rings. The molecule has 0 radical (unpaired) electrons. The number of hydrogen-bond donors (Lipinski definition) is 2. The largest absolute Gasteiger partial charge is 0.271 e. The van der Waals surface area contributed by atoms with Gasteiger partial charge in [-0.25, -0.2) is 0 Å². The third-order valence-electron chi connectivity index (χ3n) is 3.05. The Hall–Kier alpha value is -0.0800. The fourth-order valence-electron chi connectivity index (χ4n) is 1.62. The Morgan fingerprint density at radius 2 is 1.55 bits per heavy atom. The van der Waals surface area contributed by atoms with Gasteiger partial charge in [0, 0.05) is 6.54 Å². The topological polar surface area (TPSA) is 38.0 Å². The van der Waals surface area contributed by atoms with E-state index in [2.05, 4.69) is 26.2 Å². The molecule has 0 bridgehead atoms. The van der Waals surface area contributed by atoms with Crippen molar-refractivity contribution >= 4 is 0 Å². The molecule has 0 aromatic carbocycles. The van der Waals surface area contributed by atoms with Gasteiger partial charge in [-0.15, -0.1) is 0 Å². The molecule has 2 heteroatoms. The van der Waals surface area contributed by atoms with Crippen molar-refractivity contribution in [3.05, 3.63) is 0 Å². The Kier molecular flexibility index (Phi) is 5.51. The van der Waals surface area contributed by atoms with Gasteiger partial charge in [-0.1, -0.05) is 40.0 Å². The molecule has 0 saturated carbocycles. The van der Waals surface area contributed by atoms with Gasteiger partial charge < -0.3 is 0 Å². The molecule has 0 saturated heterocycles. The van der Waals surface area contributed by atoms with E-state index in [0.29, 0.717) is 5.41 Å². The van der Waals surface area contributed by atoms with Crippen molar-refractivity contribution < 1.29 is 0 Å². The maximum absolute atomic E-state index is 5.25. The highest BCUT2D eigenvalue weighted by Gasteiger charge is 2.22. The van der Waals surface area contributed by atoms with Gasteiger partial charge in [0.15, 0.2) is 0 Å². The highest BCUT2D eigenvalue weighted by Crippen LogP contribution is 2.33. The Balaban J connectivity index is 3.84. The number of hydrazine groups is 1. The highest BCUT2D eigenvalue weighted by molar-refractivity contribution is 4.75. The molecule has 0 heterocycles. The molecule has 0 aromatic heterocycles. The van der Waals surface area contributed by atoms with E-state index in [1.165, 1.54) is 25.7 Å². The van der Waals surface area contributed by atoms with Crippen molar-refractivity contribution in [2.45, 2.75) is 46.5 Å². The lowest BCUT2D eigenvalue weighted by atomic mass is 9.77. The van der Waals surface area contributed by atoms with Crippen molar-refractivity contribution in [2.24, 2.45) is 11.3 Å². The predicted molar refractivity (Wildman–Crippen MR) is 50.1 cm³/mol. The summed E-state index contributed by atoms with van der Waals surface area (Å²) in [4.78, 5) is 0. The second kappa shape index (κ2) is 5.56. The van der Waals surface area contributed by atoms with Crippen LogP contribution in [0.25, 0.3) is 0 Å². The number of hydrogen-bond acceptors (Lipinski definition) is 2. The summed E-state index contributed by atoms with van der Waals surface area (Å²) in [5.41, 5.74) is 3.26. The molecular weight excluding hydrogens is 136 g/mol. The van der Waals surface area contributed by atoms with Gasteiger partial charge in [-0.3, -0.25) is 11.3 Å². The van der Waals surface area contributed by atoms with Gasteiger partial charge in [0.25, 0.3) is 0 Å². The molecular formula is C9H22N2. The van der Waals surface area contributed by atoms with E-state index in [1.807, 2.05) is 0 Å². The van der Waals surface area contributed by atoms with Crippen LogP contribution in [-0.4, -0.2) is 6.54 Å². The normalized spacial score (nSPS) is 12.0. The van der Waals surface area contributed by atoms with Crippen LogP contribution in [0.1, 0.15) is 46.5 Å². The molecule has 11 heavy (non-hydrogen) atoms. The van der Waals surface area contributed by atoms with E-state index in [1.54, 1.807) is 0 Å². The maximum atomic E-state index is 5.25. The van der Waals surface area contributed by atoms with Crippen LogP contribution >= 0.6 is 0 Å². The van der Waals surface area contributed by atoms with E-state index in [-0.39, 0.29) is 0 Å². The van der Waals surface area contributed by atoms with E-state index >= 15 is 0 Å². The predicted octanol–water partition coefficient (Wildman–Crippen LogP) is 2.06. The standard InChI is InChI=1S/C9H22N2/c1-4-9(5-2,6-3)7-8-11-10/h11H,4-8,10H2,1-3H3. The molecule has 3 N–H and O–H groups in total. The van der Waals surface area contributed by atoms with Crippen molar-refractivity contribution in [2.75, 3.05) is 6.54 Å². The van der Waals surface area contributed by atoms with E-state index in [9.17, 15) is 0 Å². The molecule has 0 rings (SSSR count). The first kappa shape index (κ1) is 10.9. The van der Waals surface area contributed by atoms with Gasteiger partial charge in [0.1, 0.15) is 0 Å². The number of nitrogens with two attached hydrogens (primary N) is 1. The van der Waals surface area contributed by atoms with Gasteiger partial charge >= 0.3 is 0 Å². The van der Waals surface area contributed by atoms with Crippen LogP contribution < -0.4 is 11.3 Å². The molecule has 0 unspecified atom stereocenters. The lowest BCUT2D eigenvalue weighted by Crippen LogP contribution is -2.29. The molecule has 0 aliphatic rings. The van der Waals surface area contributed by atoms with Crippen molar-refractivity contribution in [3.8, 4) is 0 Å². The van der Waals surface area contributed by atoms with Crippen molar-refractivity contribution in [1.29, 1.82) is 0 Å². The minimum absolute atomic E-state index is 0.534. The van der Waals surface area contributed by atoms with Crippen molar-refractivity contribution in [1.82, 2.24) is 5.43 Å². The Labute approximate surface area is 70.5 Å². The molecule has 2 nitrogen and oxygen atoms in total. The van der Waals surface area contributed by atoms with Crippen LogP contribution in [0.5, 0.6) is 0 Å². The zero-order chi connectivity index (χ0) is 8.74. The van der Waals surface area contributed by atoms with Gasteiger partial charge in [-0.05, 0) is 11.8 Å². The minimum atomic E-state index is 0.534. The number of rotatable bonds is 6. The summed E-state index contributed by atoms with van der Waals surface area (Å²) in [6.45, 7) is 7.74. The van der Waals surface area contributed by atoms with Crippen LogP contribution in [0.15, 0.2) is 0 Å². The lowest BCUT2D eigenvalue weighted by Gasteiger charge is -2.30. The van der Waals surface area contributed by atoms with E-state index < -0.39 is 0 Å². The Morgan fingerprint density at radius 3 is 1.82 bits per heavy atom. The van der Waals surface area contributed by atoms with Gasteiger partial charge in [0.05, 0.1) is 0 Å². The zero-order valence-electron chi connectivity index (χ0n) is 8.11. The first-order valence-electron chi connectivity index (χ1n) is 4.68. The SMILES string of the molecule is CCC(CC)(CC)CCNN. The third-order valence-corrected chi connectivity index (χ3v) is 3.05. The Bertz CT molecular complexity index is 79.3. The van der Waals surface area contributed by atoms with Gasteiger partial charge in [0.2, 0.25) is 0 Å². The smallest absolute Gasteiger partial charge is 0.0103 e. The summed E-state index contributed by atoms with van der Waals surface area (Å²) in [5, 5.41) is 0.